The van der Waals surface area contributed by atoms with Gasteiger partial charge >= 0.3 is 0 Å². The van der Waals surface area contributed by atoms with Crippen LogP contribution in [0, 0.1) is 19.8 Å². The van der Waals surface area contributed by atoms with Crippen LogP contribution in [0.5, 0.6) is 5.75 Å². The van der Waals surface area contributed by atoms with E-state index in [1.54, 1.807) is 7.11 Å². The molecule has 1 unspecified atom stereocenters. The Morgan fingerprint density at radius 3 is 2.89 bits per heavy atom. The van der Waals surface area contributed by atoms with Gasteiger partial charge in [-0.15, -0.1) is 0 Å². The number of ether oxygens (including phenoxy) is 1. The fourth-order valence-electron chi connectivity index (χ4n) is 2.57. The number of hydrogen-bond donors (Lipinski definition) is 2. The van der Waals surface area contributed by atoms with Gasteiger partial charge in [-0.3, -0.25) is 4.79 Å². The van der Waals surface area contributed by atoms with Crippen LogP contribution in [0.3, 0.4) is 0 Å². The van der Waals surface area contributed by atoms with E-state index >= 15 is 0 Å². The molecule has 0 bridgehead atoms. The summed E-state index contributed by atoms with van der Waals surface area (Å²) in [5, 5.41) is 6.22. The summed E-state index contributed by atoms with van der Waals surface area (Å²) in [4.78, 5) is 12.0. The summed E-state index contributed by atoms with van der Waals surface area (Å²) in [6.45, 7) is 6.35. The van der Waals surface area contributed by atoms with Crippen molar-refractivity contribution in [3.63, 3.8) is 0 Å². The van der Waals surface area contributed by atoms with Crippen LogP contribution in [-0.2, 0) is 11.3 Å². The molecule has 1 aromatic carbocycles. The lowest BCUT2D eigenvalue weighted by atomic mass is 10.0. The zero-order valence-corrected chi connectivity index (χ0v) is 11.9. The maximum absolute atomic E-state index is 12.0. The van der Waals surface area contributed by atoms with Crippen LogP contribution < -0.4 is 15.4 Å². The van der Waals surface area contributed by atoms with Crippen LogP contribution in [0.4, 0.5) is 0 Å². The van der Waals surface area contributed by atoms with Gasteiger partial charge in [-0.05, 0) is 44.0 Å². The topological polar surface area (TPSA) is 50.4 Å². The average molecular weight is 262 g/mol. The van der Waals surface area contributed by atoms with Crippen molar-refractivity contribution in [3.05, 3.63) is 28.8 Å². The molecule has 1 atom stereocenters. The van der Waals surface area contributed by atoms with Gasteiger partial charge in [0, 0.05) is 18.7 Å². The van der Waals surface area contributed by atoms with Gasteiger partial charge in [0.05, 0.1) is 13.0 Å². The molecule has 4 nitrogen and oxygen atoms in total. The van der Waals surface area contributed by atoms with Gasteiger partial charge in [0.1, 0.15) is 5.75 Å². The largest absolute Gasteiger partial charge is 0.496 e. The molecule has 1 aliphatic rings. The Balaban J connectivity index is 2.04. The van der Waals surface area contributed by atoms with Crippen LogP contribution in [0.25, 0.3) is 0 Å². The lowest BCUT2D eigenvalue weighted by Gasteiger charge is -2.15. The summed E-state index contributed by atoms with van der Waals surface area (Å²) in [5.74, 6) is 1.09. The number of hydrogen-bond acceptors (Lipinski definition) is 3. The van der Waals surface area contributed by atoms with Crippen LogP contribution in [0.2, 0.25) is 0 Å². The first-order valence-corrected chi connectivity index (χ1v) is 6.74. The second kappa shape index (κ2) is 6.06. The Morgan fingerprint density at radius 1 is 1.47 bits per heavy atom. The highest BCUT2D eigenvalue weighted by atomic mass is 16.5. The molecule has 1 aromatic rings. The number of rotatable bonds is 4. The standard InChI is InChI=1S/C15H22N2O2/c1-10-6-11(2)13(14(7-10)19-3)9-17-15(18)12-4-5-16-8-12/h6-7,12,16H,4-5,8-9H2,1-3H3,(H,17,18). The number of nitrogens with one attached hydrogen (secondary N) is 2. The minimum absolute atomic E-state index is 0.108. The Bertz CT molecular complexity index is 465. The van der Waals surface area contributed by atoms with Gasteiger partial charge in [0.2, 0.25) is 5.91 Å². The second-order valence-corrected chi connectivity index (χ2v) is 5.17. The van der Waals surface area contributed by atoms with Crippen LogP contribution in [-0.4, -0.2) is 26.1 Å². The van der Waals surface area contributed by atoms with Crippen molar-refractivity contribution in [1.82, 2.24) is 10.6 Å². The fourth-order valence-corrected chi connectivity index (χ4v) is 2.57. The number of benzene rings is 1. The molecule has 0 aromatic heterocycles. The molecule has 0 spiro atoms. The monoisotopic (exact) mass is 262 g/mol. The predicted octanol–water partition coefficient (Wildman–Crippen LogP) is 1.54. The van der Waals surface area contributed by atoms with Crippen molar-refractivity contribution in [3.8, 4) is 5.75 Å². The molecule has 19 heavy (non-hydrogen) atoms. The third-order valence-corrected chi connectivity index (χ3v) is 3.67. The predicted molar refractivity (Wildman–Crippen MR) is 75.3 cm³/mol. The normalized spacial score (nSPS) is 18.4. The van der Waals surface area contributed by atoms with E-state index in [-0.39, 0.29) is 11.8 Å². The Kier molecular flexibility index (Phi) is 4.43. The second-order valence-electron chi connectivity index (χ2n) is 5.17. The molecule has 1 fully saturated rings. The molecule has 0 aliphatic carbocycles. The first-order valence-electron chi connectivity index (χ1n) is 6.74. The van der Waals surface area contributed by atoms with Crippen LogP contribution in [0.1, 0.15) is 23.1 Å². The number of carbonyl (C=O) groups is 1. The lowest BCUT2D eigenvalue weighted by Crippen LogP contribution is -2.31. The number of aryl methyl sites for hydroxylation is 2. The van der Waals surface area contributed by atoms with E-state index in [1.165, 1.54) is 5.56 Å². The quantitative estimate of drug-likeness (QED) is 0.865. The van der Waals surface area contributed by atoms with Crippen molar-refractivity contribution < 1.29 is 9.53 Å². The third kappa shape index (κ3) is 3.26. The molecule has 0 saturated carbocycles. The van der Waals surface area contributed by atoms with Crippen molar-refractivity contribution in [2.45, 2.75) is 26.8 Å². The van der Waals surface area contributed by atoms with E-state index in [1.807, 2.05) is 19.9 Å². The molecule has 2 rings (SSSR count). The molecule has 2 N–H and O–H groups in total. The number of amides is 1. The zero-order valence-electron chi connectivity index (χ0n) is 11.9. The number of methoxy groups -OCH3 is 1. The first-order chi connectivity index (χ1) is 9.11. The van der Waals surface area contributed by atoms with Crippen molar-refractivity contribution in [2.24, 2.45) is 5.92 Å². The van der Waals surface area contributed by atoms with Gasteiger partial charge in [-0.1, -0.05) is 6.07 Å². The smallest absolute Gasteiger partial charge is 0.224 e. The van der Waals surface area contributed by atoms with E-state index in [0.717, 1.165) is 36.4 Å². The van der Waals surface area contributed by atoms with Gasteiger partial charge in [-0.2, -0.15) is 0 Å². The molecule has 4 heteroatoms. The van der Waals surface area contributed by atoms with Gasteiger partial charge in [0.25, 0.3) is 0 Å². The fraction of sp³-hybridized carbons (Fsp3) is 0.533. The van der Waals surface area contributed by atoms with E-state index in [2.05, 4.69) is 16.7 Å². The lowest BCUT2D eigenvalue weighted by molar-refractivity contribution is -0.124. The van der Waals surface area contributed by atoms with E-state index in [0.29, 0.717) is 6.54 Å². The van der Waals surface area contributed by atoms with Crippen molar-refractivity contribution in [1.29, 1.82) is 0 Å². The average Bonchev–Trinajstić information content (AvgIpc) is 2.90. The summed E-state index contributed by atoms with van der Waals surface area (Å²) in [6.07, 6.45) is 0.926. The zero-order chi connectivity index (χ0) is 13.8. The Labute approximate surface area is 114 Å². The molecule has 1 heterocycles. The summed E-state index contributed by atoms with van der Waals surface area (Å²) < 4.78 is 5.40. The maximum atomic E-state index is 12.0. The van der Waals surface area contributed by atoms with Crippen LogP contribution in [0.15, 0.2) is 12.1 Å². The van der Waals surface area contributed by atoms with Crippen LogP contribution >= 0.6 is 0 Å². The van der Waals surface area contributed by atoms with Crippen molar-refractivity contribution in [2.75, 3.05) is 20.2 Å². The van der Waals surface area contributed by atoms with Gasteiger partial charge in [-0.25, -0.2) is 0 Å². The minimum atomic E-state index is 0.108. The Morgan fingerprint density at radius 2 is 2.26 bits per heavy atom. The van der Waals surface area contributed by atoms with E-state index in [4.69, 9.17) is 4.74 Å². The highest BCUT2D eigenvalue weighted by Gasteiger charge is 2.22. The molecule has 104 valence electrons. The van der Waals surface area contributed by atoms with E-state index in [9.17, 15) is 4.79 Å². The summed E-state index contributed by atoms with van der Waals surface area (Å²) >= 11 is 0. The first kappa shape index (κ1) is 13.9. The highest BCUT2D eigenvalue weighted by molar-refractivity contribution is 5.79. The summed E-state index contributed by atoms with van der Waals surface area (Å²) in [7, 11) is 1.67. The molecule has 1 amide bonds. The van der Waals surface area contributed by atoms with Gasteiger partial charge in [0.15, 0.2) is 0 Å². The minimum Gasteiger partial charge on any atom is -0.496 e. The number of carbonyl (C=O) groups excluding carboxylic acids is 1. The highest BCUT2D eigenvalue weighted by Crippen LogP contribution is 2.24. The SMILES string of the molecule is COc1cc(C)cc(C)c1CNC(=O)C1CCNC1. The molecule has 1 aliphatic heterocycles. The molecule has 1 saturated heterocycles. The van der Waals surface area contributed by atoms with Crippen molar-refractivity contribution >= 4 is 5.91 Å². The summed E-state index contributed by atoms with van der Waals surface area (Å²) in [5.41, 5.74) is 3.39. The molecule has 0 radical (unpaired) electrons. The van der Waals surface area contributed by atoms with E-state index < -0.39 is 0 Å². The molecular formula is C15H22N2O2. The Hall–Kier alpha value is -1.55. The molecular weight excluding hydrogens is 240 g/mol. The third-order valence-electron chi connectivity index (χ3n) is 3.67. The maximum Gasteiger partial charge on any atom is 0.224 e. The van der Waals surface area contributed by atoms with Gasteiger partial charge < -0.3 is 15.4 Å². The summed E-state index contributed by atoms with van der Waals surface area (Å²) in [6, 6.07) is 4.12.